The van der Waals surface area contributed by atoms with Crippen LogP contribution in [0, 0.1) is 6.92 Å². The van der Waals surface area contributed by atoms with Crippen LogP contribution in [0.4, 0.5) is 0 Å². The Morgan fingerprint density at radius 1 is 0.810 bits per heavy atom. The van der Waals surface area contributed by atoms with Gasteiger partial charge in [-0.25, -0.2) is 0 Å². The van der Waals surface area contributed by atoms with Gasteiger partial charge in [0.05, 0.1) is 0 Å². The van der Waals surface area contributed by atoms with Crippen molar-refractivity contribution in [3.63, 3.8) is 0 Å². The van der Waals surface area contributed by atoms with Crippen LogP contribution in [0.1, 0.15) is 5.56 Å². The smallest absolute Gasteiger partial charge is 0.0479 e. The second kappa shape index (κ2) is 3.86. The minimum absolute atomic E-state index is 1.23. The number of nitrogens with one attached hydrogen (secondary N) is 1. The van der Waals surface area contributed by atoms with Crippen molar-refractivity contribution >= 4 is 53.3 Å². The van der Waals surface area contributed by atoms with E-state index in [1.54, 1.807) is 0 Å². The molecule has 0 saturated carbocycles. The third-order valence-electron chi connectivity index (χ3n) is 4.26. The van der Waals surface area contributed by atoms with Gasteiger partial charge in [0.2, 0.25) is 0 Å². The zero-order valence-corrected chi connectivity index (χ0v) is 12.4. The number of fused-ring (bicyclic) bond motifs is 7. The van der Waals surface area contributed by atoms with Crippen molar-refractivity contribution < 1.29 is 0 Å². The Balaban J connectivity index is 2.09. The number of H-pyrrole nitrogens is 1. The van der Waals surface area contributed by atoms with Gasteiger partial charge in [-0.05, 0) is 30.7 Å². The SMILES string of the molecule is Cc1ccc2c(c1)[nH]c1ccc3c4ccccc4sc3c12. The van der Waals surface area contributed by atoms with E-state index in [2.05, 4.69) is 66.5 Å². The third-order valence-corrected chi connectivity index (χ3v) is 5.46. The number of aryl methyl sites for hydroxylation is 1. The highest BCUT2D eigenvalue weighted by atomic mass is 32.1. The van der Waals surface area contributed by atoms with Crippen LogP contribution in [0.3, 0.4) is 0 Å². The summed E-state index contributed by atoms with van der Waals surface area (Å²) in [6.45, 7) is 2.14. The average molecular weight is 287 g/mol. The molecule has 2 heteroatoms. The molecule has 5 aromatic rings. The Labute approximate surface area is 125 Å². The van der Waals surface area contributed by atoms with Crippen LogP contribution in [0.5, 0.6) is 0 Å². The molecular weight excluding hydrogens is 274 g/mol. The summed E-state index contributed by atoms with van der Waals surface area (Å²) in [5.74, 6) is 0. The quantitative estimate of drug-likeness (QED) is 0.359. The Hall–Kier alpha value is -2.32. The molecule has 0 atom stereocenters. The fourth-order valence-electron chi connectivity index (χ4n) is 3.29. The molecule has 0 unspecified atom stereocenters. The van der Waals surface area contributed by atoms with Gasteiger partial charge in [0.15, 0.2) is 0 Å². The van der Waals surface area contributed by atoms with Gasteiger partial charge in [0.25, 0.3) is 0 Å². The number of rotatable bonds is 0. The van der Waals surface area contributed by atoms with Gasteiger partial charge < -0.3 is 4.98 Å². The van der Waals surface area contributed by atoms with Gasteiger partial charge in [-0.1, -0.05) is 36.4 Å². The molecule has 0 aliphatic heterocycles. The maximum Gasteiger partial charge on any atom is 0.0479 e. The molecule has 3 aromatic carbocycles. The molecule has 21 heavy (non-hydrogen) atoms. The van der Waals surface area contributed by atoms with Crippen LogP contribution < -0.4 is 0 Å². The first kappa shape index (κ1) is 11.4. The molecule has 5 rings (SSSR count). The van der Waals surface area contributed by atoms with Gasteiger partial charge in [0.1, 0.15) is 0 Å². The average Bonchev–Trinajstić information content (AvgIpc) is 3.03. The normalized spacial score (nSPS) is 12.0. The molecule has 0 amide bonds. The monoisotopic (exact) mass is 287 g/mol. The Morgan fingerprint density at radius 2 is 1.67 bits per heavy atom. The van der Waals surface area contributed by atoms with Crippen molar-refractivity contribution in [3.05, 3.63) is 60.2 Å². The van der Waals surface area contributed by atoms with Crippen LogP contribution in [-0.4, -0.2) is 4.98 Å². The van der Waals surface area contributed by atoms with Crippen molar-refractivity contribution in [1.29, 1.82) is 0 Å². The number of aromatic nitrogens is 1. The van der Waals surface area contributed by atoms with Crippen molar-refractivity contribution in [2.24, 2.45) is 0 Å². The first-order chi connectivity index (χ1) is 10.3. The molecular formula is C19H13NS. The van der Waals surface area contributed by atoms with Crippen LogP contribution in [0.15, 0.2) is 54.6 Å². The molecule has 1 N–H and O–H groups in total. The standard InChI is InChI=1S/C19H13NS/c1-11-6-7-14-16(10-11)20-15-9-8-13-12-4-2-3-5-17(12)21-19(13)18(14)15/h2-10,20H,1H3. The van der Waals surface area contributed by atoms with Gasteiger partial charge in [-0.3, -0.25) is 0 Å². The molecule has 0 aliphatic rings. The number of hydrogen-bond donors (Lipinski definition) is 1. The first-order valence-corrected chi connectivity index (χ1v) is 7.95. The van der Waals surface area contributed by atoms with E-state index in [-0.39, 0.29) is 0 Å². The second-order valence-electron chi connectivity index (χ2n) is 5.64. The lowest BCUT2D eigenvalue weighted by Gasteiger charge is -1.95. The molecule has 0 bridgehead atoms. The summed E-state index contributed by atoms with van der Waals surface area (Å²) in [5, 5.41) is 5.42. The van der Waals surface area contributed by atoms with E-state index in [4.69, 9.17) is 0 Å². The van der Waals surface area contributed by atoms with Gasteiger partial charge in [-0.2, -0.15) is 0 Å². The van der Waals surface area contributed by atoms with Gasteiger partial charge >= 0.3 is 0 Å². The highest BCUT2D eigenvalue weighted by molar-refractivity contribution is 7.26. The van der Waals surface area contributed by atoms with E-state index in [1.165, 1.54) is 47.5 Å². The Bertz CT molecular complexity index is 1140. The van der Waals surface area contributed by atoms with Crippen molar-refractivity contribution in [3.8, 4) is 0 Å². The lowest BCUT2D eigenvalue weighted by Crippen LogP contribution is -1.71. The van der Waals surface area contributed by atoms with E-state index in [0.717, 1.165) is 0 Å². The van der Waals surface area contributed by atoms with E-state index >= 15 is 0 Å². The van der Waals surface area contributed by atoms with Gasteiger partial charge in [0, 0.05) is 42.0 Å². The molecule has 2 heterocycles. The minimum atomic E-state index is 1.23. The molecule has 0 saturated heterocycles. The minimum Gasteiger partial charge on any atom is -0.354 e. The van der Waals surface area contributed by atoms with Crippen LogP contribution in [-0.2, 0) is 0 Å². The maximum atomic E-state index is 3.56. The first-order valence-electron chi connectivity index (χ1n) is 7.13. The Morgan fingerprint density at radius 3 is 2.62 bits per heavy atom. The summed E-state index contributed by atoms with van der Waals surface area (Å²) in [6.07, 6.45) is 0. The lowest BCUT2D eigenvalue weighted by atomic mass is 10.1. The largest absolute Gasteiger partial charge is 0.354 e. The third kappa shape index (κ3) is 1.45. The predicted octanol–water partition coefficient (Wildman–Crippen LogP) is 6.00. The highest BCUT2D eigenvalue weighted by Crippen LogP contribution is 2.40. The number of benzene rings is 3. The zero-order chi connectivity index (χ0) is 14.0. The van der Waals surface area contributed by atoms with Crippen LogP contribution in [0.25, 0.3) is 42.0 Å². The van der Waals surface area contributed by atoms with Crippen molar-refractivity contribution in [1.82, 2.24) is 4.98 Å². The summed E-state index contributed by atoms with van der Waals surface area (Å²) in [6, 6.07) is 19.8. The van der Waals surface area contributed by atoms with E-state index < -0.39 is 0 Å². The molecule has 0 aliphatic carbocycles. The second-order valence-corrected chi connectivity index (χ2v) is 6.69. The molecule has 1 nitrogen and oxygen atoms in total. The topological polar surface area (TPSA) is 15.8 Å². The summed E-state index contributed by atoms with van der Waals surface area (Å²) >= 11 is 1.89. The van der Waals surface area contributed by atoms with Crippen molar-refractivity contribution in [2.45, 2.75) is 6.92 Å². The molecule has 2 aromatic heterocycles. The highest BCUT2D eigenvalue weighted by Gasteiger charge is 2.12. The maximum absolute atomic E-state index is 3.56. The fourth-order valence-corrected chi connectivity index (χ4v) is 4.55. The van der Waals surface area contributed by atoms with E-state index in [9.17, 15) is 0 Å². The number of aromatic amines is 1. The molecule has 0 fully saturated rings. The fraction of sp³-hybridized carbons (Fsp3) is 0.0526. The summed E-state index contributed by atoms with van der Waals surface area (Å²) in [7, 11) is 0. The molecule has 100 valence electrons. The number of hydrogen-bond acceptors (Lipinski definition) is 1. The zero-order valence-electron chi connectivity index (χ0n) is 11.6. The summed E-state index contributed by atoms with van der Waals surface area (Å²) in [4.78, 5) is 3.56. The molecule has 0 radical (unpaired) electrons. The summed E-state index contributed by atoms with van der Waals surface area (Å²) < 4.78 is 2.75. The predicted molar refractivity (Wildman–Crippen MR) is 93.4 cm³/mol. The summed E-state index contributed by atoms with van der Waals surface area (Å²) in [5.41, 5.74) is 3.76. The van der Waals surface area contributed by atoms with Crippen LogP contribution >= 0.6 is 11.3 Å². The van der Waals surface area contributed by atoms with E-state index in [0.29, 0.717) is 0 Å². The number of thiophene rings is 1. The van der Waals surface area contributed by atoms with E-state index in [1.807, 2.05) is 11.3 Å². The lowest BCUT2D eigenvalue weighted by molar-refractivity contribution is 1.47. The Kier molecular flexibility index (Phi) is 2.09. The van der Waals surface area contributed by atoms with Crippen LogP contribution in [0.2, 0.25) is 0 Å². The van der Waals surface area contributed by atoms with Gasteiger partial charge in [-0.15, -0.1) is 11.3 Å². The molecule has 0 spiro atoms. The van der Waals surface area contributed by atoms with Crippen molar-refractivity contribution in [2.75, 3.05) is 0 Å².